The summed E-state index contributed by atoms with van der Waals surface area (Å²) in [5, 5.41) is 10.7. The van der Waals surface area contributed by atoms with Gasteiger partial charge in [-0.15, -0.1) is 11.3 Å². The number of benzene rings is 1. The zero-order valence-corrected chi connectivity index (χ0v) is 8.95. The maximum Gasteiger partial charge on any atom is 0.340 e. The number of carbonyl (C=O) groups is 1. The zero-order valence-electron chi connectivity index (χ0n) is 8.14. The number of rotatable bonds is 2. The molecule has 0 spiro atoms. The first kappa shape index (κ1) is 10.1. The molecule has 3 nitrogen and oxygen atoms in total. The molecule has 0 aliphatic rings. The SMILES string of the molecule is COC(=O)C(O)c1cc2ccccc2s1. The molecule has 0 bridgehead atoms. The van der Waals surface area contributed by atoms with E-state index in [1.165, 1.54) is 18.4 Å². The van der Waals surface area contributed by atoms with Gasteiger partial charge in [0, 0.05) is 9.58 Å². The lowest BCUT2D eigenvalue weighted by atomic mass is 10.2. The van der Waals surface area contributed by atoms with Gasteiger partial charge in [-0.1, -0.05) is 18.2 Å². The molecule has 0 aliphatic heterocycles. The summed E-state index contributed by atoms with van der Waals surface area (Å²) in [6, 6.07) is 9.55. The first-order valence-corrected chi connectivity index (χ1v) is 5.28. The Balaban J connectivity index is 2.40. The lowest BCUT2D eigenvalue weighted by Crippen LogP contribution is -2.11. The summed E-state index contributed by atoms with van der Waals surface area (Å²) in [7, 11) is 1.26. The number of carbonyl (C=O) groups excluding carboxylic acids is 1. The fourth-order valence-electron chi connectivity index (χ4n) is 1.36. The average Bonchev–Trinajstić information content (AvgIpc) is 2.70. The summed E-state index contributed by atoms with van der Waals surface area (Å²) in [5.41, 5.74) is 0. The summed E-state index contributed by atoms with van der Waals surface area (Å²) in [4.78, 5) is 11.7. The lowest BCUT2D eigenvalue weighted by Gasteiger charge is -2.04. The Morgan fingerprint density at radius 3 is 2.87 bits per heavy atom. The van der Waals surface area contributed by atoms with Crippen LogP contribution in [0.4, 0.5) is 0 Å². The Bertz CT molecular complexity index is 456. The Hall–Kier alpha value is -1.39. The number of hydrogen-bond donors (Lipinski definition) is 1. The number of ether oxygens (including phenoxy) is 1. The van der Waals surface area contributed by atoms with Crippen molar-refractivity contribution in [2.75, 3.05) is 7.11 Å². The first-order chi connectivity index (χ1) is 7.22. The maximum atomic E-state index is 11.1. The van der Waals surface area contributed by atoms with E-state index in [1.807, 2.05) is 30.3 Å². The highest BCUT2D eigenvalue weighted by Crippen LogP contribution is 2.30. The summed E-state index contributed by atoms with van der Waals surface area (Å²) in [6.07, 6.45) is -1.17. The van der Waals surface area contributed by atoms with E-state index in [-0.39, 0.29) is 0 Å². The van der Waals surface area contributed by atoms with Crippen molar-refractivity contribution < 1.29 is 14.6 Å². The summed E-state index contributed by atoms with van der Waals surface area (Å²) in [6.45, 7) is 0. The fraction of sp³-hybridized carbons (Fsp3) is 0.182. The number of aliphatic hydroxyl groups excluding tert-OH is 1. The van der Waals surface area contributed by atoms with E-state index in [1.54, 1.807) is 0 Å². The molecule has 78 valence electrons. The minimum atomic E-state index is -1.17. The van der Waals surface area contributed by atoms with Crippen LogP contribution in [0.5, 0.6) is 0 Å². The second-order valence-electron chi connectivity index (χ2n) is 3.11. The zero-order chi connectivity index (χ0) is 10.8. The van der Waals surface area contributed by atoms with Crippen LogP contribution in [0.15, 0.2) is 30.3 Å². The molecular weight excluding hydrogens is 212 g/mol. The van der Waals surface area contributed by atoms with E-state index in [0.29, 0.717) is 4.88 Å². The molecule has 1 atom stereocenters. The lowest BCUT2D eigenvalue weighted by molar-refractivity contribution is -0.150. The van der Waals surface area contributed by atoms with E-state index in [0.717, 1.165) is 10.1 Å². The molecule has 1 N–H and O–H groups in total. The molecule has 4 heteroatoms. The Kier molecular flexibility index (Phi) is 2.70. The molecule has 0 amide bonds. The van der Waals surface area contributed by atoms with Crippen molar-refractivity contribution in [3.63, 3.8) is 0 Å². The number of methoxy groups -OCH3 is 1. The molecule has 1 heterocycles. The van der Waals surface area contributed by atoms with Crippen molar-refractivity contribution in [1.29, 1.82) is 0 Å². The third-order valence-corrected chi connectivity index (χ3v) is 3.31. The van der Waals surface area contributed by atoms with Crippen molar-refractivity contribution in [3.8, 4) is 0 Å². The van der Waals surface area contributed by atoms with Gasteiger partial charge in [0.15, 0.2) is 6.10 Å². The molecule has 2 rings (SSSR count). The quantitative estimate of drug-likeness (QED) is 0.791. The molecule has 1 aromatic heterocycles. The first-order valence-electron chi connectivity index (χ1n) is 4.46. The largest absolute Gasteiger partial charge is 0.467 e. The predicted octanol–water partition coefficient (Wildman–Crippen LogP) is 2.11. The van der Waals surface area contributed by atoms with Gasteiger partial charge in [-0.3, -0.25) is 0 Å². The van der Waals surface area contributed by atoms with E-state index in [2.05, 4.69) is 4.74 Å². The molecule has 1 aromatic carbocycles. The second-order valence-corrected chi connectivity index (χ2v) is 4.23. The highest BCUT2D eigenvalue weighted by atomic mass is 32.1. The number of thiophene rings is 1. The highest BCUT2D eigenvalue weighted by Gasteiger charge is 2.19. The van der Waals surface area contributed by atoms with E-state index in [9.17, 15) is 9.90 Å². The molecule has 1 unspecified atom stereocenters. The molecule has 0 saturated carbocycles. The average molecular weight is 222 g/mol. The standard InChI is InChI=1S/C11H10O3S/c1-14-11(13)10(12)9-6-7-4-2-3-5-8(7)15-9/h2-6,10,12H,1H3. The number of aliphatic hydroxyl groups is 1. The van der Waals surface area contributed by atoms with Gasteiger partial charge < -0.3 is 9.84 Å². The third kappa shape index (κ3) is 1.86. The van der Waals surface area contributed by atoms with Crippen LogP contribution in [0.3, 0.4) is 0 Å². The van der Waals surface area contributed by atoms with Gasteiger partial charge >= 0.3 is 5.97 Å². The van der Waals surface area contributed by atoms with Gasteiger partial charge in [0.2, 0.25) is 0 Å². The normalized spacial score (nSPS) is 12.7. The van der Waals surface area contributed by atoms with Crippen LogP contribution in [0.25, 0.3) is 10.1 Å². The Morgan fingerprint density at radius 2 is 2.20 bits per heavy atom. The van der Waals surface area contributed by atoms with Crippen molar-refractivity contribution in [1.82, 2.24) is 0 Å². The molecule has 0 aliphatic carbocycles. The molecule has 0 saturated heterocycles. The Labute approximate surface area is 90.9 Å². The molecule has 2 aromatic rings. The van der Waals surface area contributed by atoms with Crippen LogP contribution in [0.1, 0.15) is 11.0 Å². The molecule has 15 heavy (non-hydrogen) atoms. The van der Waals surface area contributed by atoms with Crippen molar-refractivity contribution in [2.45, 2.75) is 6.10 Å². The van der Waals surface area contributed by atoms with Crippen molar-refractivity contribution >= 4 is 27.4 Å². The van der Waals surface area contributed by atoms with Crippen molar-refractivity contribution in [3.05, 3.63) is 35.2 Å². The molecular formula is C11H10O3S. The predicted molar refractivity (Wildman–Crippen MR) is 58.8 cm³/mol. The van der Waals surface area contributed by atoms with Crippen LogP contribution in [0.2, 0.25) is 0 Å². The number of hydrogen-bond acceptors (Lipinski definition) is 4. The third-order valence-electron chi connectivity index (χ3n) is 2.14. The fourth-order valence-corrected chi connectivity index (χ4v) is 2.40. The van der Waals surface area contributed by atoms with E-state index in [4.69, 9.17) is 0 Å². The molecule has 0 radical (unpaired) electrons. The minimum Gasteiger partial charge on any atom is -0.467 e. The number of fused-ring (bicyclic) bond motifs is 1. The second kappa shape index (κ2) is 4.00. The van der Waals surface area contributed by atoms with Crippen LogP contribution < -0.4 is 0 Å². The van der Waals surface area contributed by atoms with Gasteiger partial charge in [-0.05, 0) is 17.5 Å². The van der Waals surface area contributed by atoms with E-state index < -0.39 is 12.1 Å². The summed E-state index contributed by atoms with van der Waals surface area (Å²) in [5.74, 6) is -0.624. The van der Waals surface area contributed by atoms with Crippen LogP contribution >= 0.6 is 11.3 Å². The highest BCUT2D eigenvalue weighted by molar-refractivity contribution is 7.19. The topological polar surface area (TPSA) is 46.5 Å². The number of esters is 1. The van der Waals surface area contributed by atoms with Crippen LogP contribution in [-0.2, 0) is 9.53 Å². The van der Waals surface area contributed by atoms with E-state index >= 15 is 0 Å². The van der Waals surface area contributed by atoms with Gasteiger partial charge in [-0.25, -0.2) is 4.79 Å². The van der Waals surface area contributed by atoms with Gasteiger partial charge in [0.1, 0.15) is 0 Å². The smallest absolute Gasteiger partial charge is 0.340 e. The van der Waals surface area contributed by atoms with Crippen molar-refractivity contribution in [2.24, 2.45) is 0 Å². The van der Waals surface area contributed by atoms with Gasteiger partial charge in [0.05, 0.1) is 7.11 Å². The monoisotopic (exact) mass is 222 g/mol. The van der Waals surface area contributed by atoms with Crippen LogP contribution in [0, 0.1) is 0 Å². The van der Waals surface area contributed by atoms with Crippen LogP contribution in [-0.4, -0.2) is 18.2 Å². The summed E-state index contributed by atoms with van der Waals surface area (Å²) < 4.78 is 5.53. The maximum absolute atomic E-state index is 11.1. The van der Waals surface area contributed by atoms with Gasteiger partial charge in [0.25, 0.3) is 0 Å². The minimum absolute atomic E-state index is 0.614. The summed E-state index contributed by atoms with van der Waals surface area (Å²) >= 11 is 1.40. The van der Waals surface area contributed by atoms with Gasteiger partial charge in [-0.2, -0.15) is 0 Å². The Morgan fingerprint density at radius 1 is 1.47 bits per heavy atom. The molecule has 0 fully saturated rings.